The number of benzene rings is 1. The van der Waals surface area contributed by atoms with Crippen LogP contribution in [0.5, 0.6) is 5.88 Å². The average molecular weight is 527 g/mol. The van der Waals surface area contributed by atoms with Crippen LogP contribution in [0.2, 0.25) is 5.02 Å². The number of carbonyl (C=O) groups excluding carboxylic acids is 1. The van der Waals surface area contributed by atoms with Gasteiger partial charge < -0.3 is 19.1 Å². The summed E-state index contributed by atoms with van der Waals surface area (Å²) in [6.07, 6.45) is 4.48. The van der Waals surface area contributed by atoms with Crippen LogP contribution >= 0.6 is 11.6 Å². The Morgan fingerprint density at radius 3 is 2.51 bits per heavy atom. The van der Waals surface area contributed by atoms with E-state index in [1.807, 2.05) is 25.1 Å². The van der Waals surface area contributed by atoms with Crippen LogP contribution in [0.15, 0.2) is 24.3 Å². The van der Waals surface area contributed by atoms with Crippen molar-refractivity contribution in [2.75, 3.05) is 19.1 Å². The highest BCUT2D eigenvalue weighted by Crippen LogP contribution is 2.40. The molecule has 1 amide bonds. The molecule has 1 atom stereocenters. The van der Waals surface area contributed by atoms with Gasteiger partial charge >= 0.3 is 12.1 Å². The number of aromatic nitrogens is 3. The van der Waals surface area contributed by atoms with Crippen molar-refractivity contribution in [3.63, 3.8) is 0 Å². The molecule has 1 fully saturated rings. The minimum atomic E-state index is -0.724. The Bertz CT molecular complexity index is 1350. The predicted octanol–water partition coefficient (Wildman–Crippen LogP) is 5.41. The number of carboxylic acids is 1. The number of carboxylic acid groups (broad SMARTS) is 1. The highest BCUT2D eigenvalue weighted by atomic mass is 35.5. The molecule has 1 aliphatic heterocycles. The first-order chi connectivity index (χ1) is 17.8. The maximum Gasteiger partial charge on any atom is 0.414 e. The number of ether oxygens (including phenoxy) is 2. The number of nitrogens with zero attached hydrogens (tertiary/aromatic N) is 4. The Morgan fingerprint density at radius 2 is 1.84 bits per heavy atom. The maximum atomic E-state index is 12.6. The molecule has 196 valence electrons. The molecule has 0 bridgehead atoms. The number of pyridine rings is 1. The average Bonchev–Trinajstić information content (AvgIpc) is 3.27. The Hall–Kier alpha value is -3.33. The van der Waals surface area contributed by atoms with E-state index in [2.05, 4.69) is 9.55 Å². The highest BCUT2D eigenvalue weighted by molar-refractivity contribution is 6.31. The van der Waals surface area contributed by atoms with Gasteiger partial charge in [-0.15, -0.1) is 0 Å². The van der Waals surface area contributed by atoms with E-state index >= 15 is 0 Å². The lowest BCUT2D eigenvalue weighted by molar-refractivity contribution is -0.143. The number of aliphatic carboxylic acids is 1. The molecule has 2 aromatic heterocycles. The molecular weight excluding hydrogens is 496 g/mol. The third kappa shape index (κ3) is 4.61. The van der Waals surface area contributed by atoms with Crippen LogP contribution in [0, 0.1) is 5.92 Å². The van der Waals surface area contributed by atoms with Gasteiger partial charge in [-0.3, -0.25) is 9.69 Å². The van der Waals surface area contributed by atoms with Crippen LogP contribution < -0.4 is 9.64 Å². The van der Waals surface area contributed by atoms with E-state index < -0.39 is 5.97 Å². The standard InChI is InChI=1S/C27H31ClN4O5/c1-15-4-10-19-21(31(15)27(35)37-3)12-13-22-24(19)30-23(14-17-7-11-20(28)25(29-17)36-2)32(22)18-8-5-16(6-9-18)26(33)34/h7,11-13,15-16,18H,4-6,8-10,14H2,1-3H3,(H,33,34)/t15-,16-,18-/m0/s1. The molecular formula is C27H31ClN4O5. The number of carbonyl (C=O) groups is 2. The van der Waals surface area contributed by atoms with E-state index in [4.69, 9.17) is 26.1 Å². The number of imidazole rings is 1. The molecule has 5 rings (SSSR count). The molecule has 10 heteroatoms. The summed E-state index contributed by atoms with van der Waals surface area (Å²) in [5, 5.41) is 9.94. The van der Waals surface area contributed by atoms with Gasteiger partial charge in [-0.05, 0) is 69.7 Å². The van der Waals surface area contributed by atoms with Crippen molar-refractivity contribution in [3.05, 3.63) is 46.4 Å². The number of hydrogen-bond acceptors (Lipinski definition) is 6. The van der Waals surface area contributed by atoms with Gasteiger partial charge in [-0.2, -0.15) is 0 Å². The van der Waals surface area contributed by atoms with Gasteiger partial charge in [-0.25, -0.2) is 14.8 Å². The first-order valence-electron chi connectivity index (χ1n) is 12.6. The molecule has 3 heterocycles. The Balaban J connectivity index is 1.62. The van der Waals surface area contributed by atoms with Gasteiger partial charge in [0.05, 0.1) is 42.6 Å². The second-order valence-electron chi connectivity index (χ2n) is 9.87. The van der Waals surface area contributed by atoms with Crippen LogP contribution in [0.3, 0.4) is 0 Å². The quantitative estimate of drug-likeness (QED) is 0.473. The zero-order valence-corrected chi connectivity index (χ0v) is 22.0. The SMILES string of the molecule is COC(=O)N1c2ccc3c(nc(Cc4ccc(Cl)c(OC)n4)n3[C@H]3CC[C@H](C(=O)O)CC3)c2CC[C@@H]1C. The molecule has 0 radical (unpaired) electrons. The lowest BCUT2D eigenvalue weighted by Gasteiger charge is -2.34. The molecule has 1 N–H and O–H groups in total. The van der Waals surface area contributed by atoms with Crippen molar-refractivity contribution in [3.8, 4) is 5.88 Å². The molecule has 3 aromatic rings. The summed E-state index contributed by atoms with van der Waals surface area (Å²) in [6.45, 7) is 2.02. The van der Waals surface area contributed by atoms with Crippen molar-refractivity contribution in [1.29, 1.82) is 0 Å². The molecule has 1 aliphatic carbocycles. The van der Waals surface area contributed by atoms with Crippen molar-refractivity contribution < 1.29 is 24.2 Å². The third-order valence-electron chi connectivity index (χ3n) is 7.71. The monoisotopic (exact) mass is 526 g/mol. The minimum absolute atomic E-state index is 0.0241. The maximum absolute atomic E-state index is 12.6. The number of methoxy groups -OCH3 is 2. The summed E-state index contributed by atoms with van der Waals surface area (Å²) in [5.74, 6) is 0.184. The highest BCUT2D eigenvalue weighted by Gasteiger charge is 2.33. The van der Waals surface area contributed by atoms with Crippen LogP contribution in [0.1, 0.15) is 62.2 Å². The van der Waals surface area contributed by atoms with Gasteiger partial charge in [0.2, 0.25) is 5.88 Å². The van der Waals surface area contributed by atoms with Gasteiger partial charge in [0.25, 0.3) is 0 Å². The fourth-order valence-corrected chi connectivity index (χ4v) is 5.98. The van der Waals surface area contributed by atoms with E-state index in [9.17, 15) is 14.7 Å². The van der Waals surface area contributed by atoms with Crippen molar-refractivity contribution in [2.45, 2.75) is 64.0 Å². The van der Waals surface area contributed by atoms with Gasteiger partial charge in [0.1, 0.15) is 10.8 Å². The Labute approximate surface area is 220 Å². The van der Waals surface area contributed by atoms with Crippen LogP contribution in [-0.4, -0.2) is 52.0 Å². The number of anilines is 1. The molecule has 1 saturated carbocycles. The van der Waals surface area contributed by atoms with E-state index in [1.54, 1.807) is 11.0 Å². The molecule has 37 heavy (non-hydrogen) atoms. The summed E-state index contributed by atoms with van der Waals surface area (Å²) in [5.41, 5.74) is 4.50. The van der Waals surface area contributed by atoms with E-state index in [1.165, 1.54) is 14.2 Å². The summed E-state index contributed by atoms with van der Waals surface area (Å²) < 4.78 is 12.7. The second-order valence-corrected chi connectivity index (χ2v) is 10.3. The van der Waals surface area contributed by atoms with Crippen molar-refractivity contribution >= 4 is 40.4 Å². The van der Waals surface area contributed by atoms with Crippen LogP contribution in [0.25, 0.3) is 11.0 Å². The smallest absolute Gasteiger partial charge is 0.414 e. The molecule has 1 aromatic carbocycles. The molecule has 0 saturated heterocycles. The zero-order chi connectivity index (χ0) is 26.3. The summed E-state index contributed by atoms with van der Waals surface area (Å²) in [6, 6.07) is 7.80. The largest absolute Gasteiger partial charge is 0.481 e. The van der Waals surface area contributed by atoms with Gasteiger partial charge in [0.15, 0.2) is 0 Å². The number of fused-ring (bicyclic) bond motifs is 3. The lowest BCUT2D eigenvalue weighted by Crippen LogP contribution is -2.42. The molecule has 2 aliphatic rings. The molecule has 9 nitrogen and oxygen atoms in total. The van der Waals surface area contributed by atoms with Gasteiger partial charge in [0, 0.05) is 24.1 Å². The number of aryl methyl sites for hydroxylation is 1. The van der Waals surface area contributed by atoms with Crippen molar-refractivity contribution in [2.24, 2.45) is 5.92 Å². The Kier molecular flexibility index (Phi) is 6.98. The van der Waals surface area contributed by atoms with Gasteiger partial charge in [-0.1, -0.05) is 11.6 Å². The number of halogens is 1. The van der Waals surface area contributed by atoms with E-state index in [0.717, 1.165) is 59.5 Å². The summed E-state index contributed by atoms with van der Waals surface area (Å²) >= 11 is 6.20. The predicted molar refractivity (Wildman–Crippen MR) is 140 cm³/mol. The number of rotatable bonds is 5. The fourth-order valence-electron chi connectivity index (χ4n) is 5.80. The number of amides is 1. The topological polar surface area (TPSA) is 107 Å². The first-order valence-corrected chi connectivity index (χ1v) is 13.0. The van der Waals surface area contributed by atoms with Crippen LogP contribution in [0.4, 0.5) is 10.5 Å². The third-order valence-corrected chi connectivity index (χ3v) is 8.00. The van der Waals surface area contributed by atoms with E-state index in [0.29, 0.717) is 30.2 Å². The minimum Gasteiger partial charge on any atom is -0.481 e. The first kappa shape index (κ1) is 25.3. The fraction of sp³-hybridized carbons (Fsp3) is 0.481. The number of hydrogen-bond donors (Lipinski definition) is 1. The zero-order valence-electron chi connectivity index (χ0n) is 21.2. The van der Waals surface area contributed by atoms with Crippen molar-refractivity contribution in [1.82, 2.24) is 14.5 Å². The summed E-state index contributed by atoms with van der Waals surface area (Å²) in [4.78, 5) is 35.6. The van der Waals surface area contributed by atoms with E-state index in [-0.39, 0.29) is 24.1 Å². The Morgan fingerprint density at radius 1 is 1.08 bits per heavy atom. The molecule has 0 unspecified atom stereocenters. The molecule has 0 spiro atoms. The van der Waals surface area contributed by atoms with Crippen LogP contribution in [-0.2, 0) is 22.4 Å². The second kappa shape index (κ2) is 10.2. The normalized spacial score (nSPS) is 21.5. The summed E-state index contributed by atoms with van der Waals surface area (Å²) in [7, 11) is 2.93. The lowest BCUT2D eigenvalue weighted by atomic mass is 9.85.